The molecule has 0 radical (unpaired) electrons. The Morgan fingerprint density at radius 3 is 2.54 bits per heavy atom. The van der Waals surface area contributed by atoms with Crippen LogP contribution < -0.4 is 0 Å². The normalized spacial score (nSPS) is 29.7. The Balaban J connectivity index is 1.74. The second-order valence-corrected chi connectivity index (χ2v) is 9.20. The van der Waals surface area contributed by atoms with Crippen LogP contribution in [0, 0.1) is 5.92 Å². The molecule has 0 bridgehead atoms. The van der Waals surface area contributed by atoms with Gasteiger partial charge in [-0.3, -0.25) is 9.59 Å². The summed E-state index contributed by atoms with van der Waals surface area (Å²) in [6, 6.07) is -0.611. The second kappa shape index (κ2) is 6.82. The number of hydrogen-bond acceptors (Lipinski definition) is 5. The molecule has 146 valence electrons. The van der Waals surface area contributed by atoms with Gasteiger partial charge in [-0.25, -0.2) is 13.4 Å². The van der Waals surface area contributed by atoms with Gasteiger partial charge in [-0.05, 0) is 19.3 Å². The number of hydrogen-bond donors (Lipinski definition) is 0. The van der Waals surface area contributed by atoms with Crippen molar-refractivity contribution in [3.63, 3.8) is 0 Å². The summed E-state index contributed by atoms with van der Waals surface area (Å²) in [6.07, 6.45) is -3.80. The molecule has 0 aliphatic carbocycles. The van der Waals surface area contributed by atoms with Gasteiger partial charge in [0.2, 0.25) is 5.91 Å². The molecular weight excluding hydrogens is 375 g/mol. The van der Waals surface area contributed by atoms with Crippen LogP contribution in [0.4, 0.5) is 13.2 Å². The van der Waals surface area contributed by atoms with Crippen LogP contribution in [-0.4, -0.2) is 72.7 Å². The van der Waals surface area contributed by atoms with Crippen LogP contribution in [0.15, 0.2) is 5.10 Å². The van der Waals surface area contributed by atoms with Crippen molar-refractivity contribution in [3.8, 4) is 0 Å². The molecule has 3 heterocycles. The minimum absolute atomic E-state index is 0.00232. The highest BCUT2D eigenvalue weighted by molar-refractivity contribution is 7.91. The number of piperidine rings is 1. The molecule has 0 aromatic carbocycles. The molecular formula is C15H20F3N3O4S. The predicted octanol–water partition coefficient (Wildman–Crippen LogP) is 0.953. The number of nitrogens with zero attached hydrogens (tertiary/aromatic N) is 3. The first kappa shape index (κ1) is 19.1. The lowest BCUT2D eigenvalue weighted by Crippen LogP contribution is -2.49. The molecule has 3 aliphatic heterocycles. The summed E-state index contributed by atoms with van der Waals surface area (Å²) in [5, 5.41) is 5.08. The second-order valence-electron chi connectivity index (χ2n) is 6.97. The number of sulfone groups is 1. The first-order valence-electron chi connectivity index (χ1n) is 8.53. The number of halogens is 3. The lowest BCUT2D eigenvalue weighted by molar-refractivity contribution is -0.187. The summed E-state index contributed by atoms with van der Waals surface area (Å²) >= 11 is 0. The zero-order valence-electron chi connectivity index (χ0n) is 14.0. The summed E-state index contributed by atoms with van der Waals surface area (Å²) in [6.45, 7) is -0.191. The highest BCUT2D eigenvalue weighted by atomic mass is 32.2. The van der Waals surface area contributed by atoms with E-state index in [0.717, 1.165) is 9.91 Å². The van der Waals surface area contributed by atoms with Gasteiger partial charge in [0.25, 0.3) is 5.91 Å². The van der Waals surface area contributed by atoms with Crippen LogP contribution in [0.1, 0.15) is 32.1 Å². The summed E-state index contributed by atoms with van der Waals surface area (Å²) in [7, 11) is -3.23. The minimum atomic E-state index is -4.35. The van der Waals surface area contributed by atoms with Gasteiger partial charge in [0.15, 0.2) is 9.84 Å². The van der Waals surface area contributed by atoms with Crippen molar-refractivity contribution < 1.29 is 31.2 Å². The van der Waals surface area contributed by atoms with E-state index in [-0.39, 0.29) is 61.8 Å². The number of likely N-dealkylation sites (tertiary alicyclic amines) is 1. The van der Waals surface area contributed by atoms with Crippen molar-refractivity contribution in [1.29, 1.82) is 0 Å². The lowest BCUT2D eigenvalue weighted by atomic mass is 9.96. The molecule has 2 saturated heterocycles. The molecule has 0 aromatic rings. The van der Waals surface area contributed by atoms with Gasteiger partial charge in [-0.1, -0.05) is 0 Å². The minimum Gasteiger partial charge on any atom is -0.337 e. The first-order valence-corrected chi connectivity index (χ1v) is 10.3. The molecule has 2 amide bonds. The number of hydrazone groups is 1. The van der Waals surface area contributed by atoms with E-state index in [4.69, 9.17) is 0 Å². The molecule has 3 aliphatic rings. The van der Waals surface area contributed by atoms with E-state index in [1.54, 1.807) is 0 Å². The van der Waals surface area contributed by atoms with Gasteiger partial charge in [0, 0.05) is 25.9 Å². The van der Waals surface area contributed by atoms with Gasteiger partial charge in [-0.2, -0.15) is 18.3 Å². The van der Waals surface area contributed by atoms with E-state index >= 15 is 0 Å². The molecule has 2 fully saturated rings. The van der Waals surface area contributed by atoms with Crippen molar-refractivity contribution in [2.24, 2.45) is 11.0 Å². The first-order chi connectivity index (χ1) is 12.1. The molecule has 2 atom stereocenters. The average Bonchev–Trinajstić information content (AvgIpc) is 2.94. The molecule has 0 N–H and O–H groups in total. The molecule has 7 nitrogen and oxygen atoms in total. The fourth-order valence-corrected chi connectivity index (χ4v) is 5.28. The molecule has 0 unspecified atom stereocenters. The SMILES string of the molecule is O=C(C1=NN([C@H]2CCS(=O)(=O)C2)C(=O)CC1)N1CCC[C@H](C(F)(F)F)C1. The Morgan fingerprint density at radius 1 is 1.19 bits per heavy atom. The summed E-state index contributed by atoms with van der Waals surface area (Å²) in [4.78, 5) is 25.8. The summed E-state index contributed by atoms with van der Waals surface area (Å²) in [5.74, 6) is -2.77. The van der Waals surface area contributed by atoms with Crippen LogP contribution in [0.3, 0.4) is 0 Å². The highest BCUT2D eigenvalue weighted by Crippen LogP contribution is 2.33. The van der Waals surface area contributed by atoms with Gasteiger partial charge in [0.05, 0.1) is 23.5 Å². The maximum Gasteiger partial charge on any atom is 0.393 e. The topological polar surface area (TPSA) is 87.1 Å². The quantitative estimate of drug-likeness (QED) is 0.697. The fourth-order valence-electron chi connectivity index (χ4n) is 3.59. The van der Waals surface area contributed by atoms with Crippen molar-refractivity contribution in [2.75, 3.05) is 24.6 Å². The van der Waals surface area contributed by atoms with E-state index in [1.807, 2.05) is 0 Å². The fraction of sp³-hybridized carbons (Fsp3) is 0.800. The smallest absolute Gasteiger partial charge is 0.337 e. The summed E-state index contributed by atoms with van der Waals surface area (Å²) in [5.41, 5.74) is 0.0247. The number of amides is 2. The zero-order valence-corrected chi connectivity index (χ0v) is 14.9. The molecule has 0 saturated carbocycles. The maximum atomic E-state index is 12.9. The zero-order chi connectivity index (χ0) is 19.1. The third-order valence-corrected chi connectivity index (χ3v) is 6.78. The molecule has 3 rings (SSSR count). The largest absolute Gasteiger partial charge is 0.393 e. The van der Waals surface area contributed by atoms with Crippen LogP contribution in [-0.2, 0) is 19.4 Å². The van der Waals surface area contributed by atoms with Gasteiger partial charge in [-0.15, -0.1) is 0 Å². The van der Waals surface area contributed by atoms with Crippen LogP contribution in [0.5, 0.6) is 0 Å². The Hall–Kier alpha value is -1.65. The average molecular weight is 395 g/mol. The number of carbonyl (C=O) groups excluding carboxylic acids is 2. The van der Waals surface area contributed by atoms with Gasteiger partial charge < -0.3 is 4.90 Å². The molecule has 0 aromatic heterocycles. The number of carbonyl (C=O) groups is 2. The number of alkyl halides is 3. The van der Waals surface area contributed by atoms with Crippen LogP contribution in [0.2, 0.25) is 0 Å². The van der Waals surface area contributed by atoms with E-state index < -0.39 is 40.4 Å². The van der Waals surface area contributed by atoms with E-state index in [1.165, 1.54) is 0 Å². The van der Waals surface area contributed by atoms with Crippen LogP contribution >= 0.6 is 0 Å². The Morgan fingerprint density at radius 2 is 1.92 bits per heavy atom. The monoisotopic (exact) mass is 395 g/mol. The van der Waals surface area contributed by atoms with Crippen molar-refractivity contribution in [1.82, 2.24) is 9.91 Å². The maximum absolute atomic E-state index is 12.9. The highest BCUT2D eigenvalue weighted by Gasteiger charge is 2.44. The van der Waals surface area contributed by atoms with Crippen LogP contribution in [0.25, 0.3) is 0 Å². The third-order valence-electron chi connectivity index (χ3n) is 5.03. The van der Waals surface area contributed by atoms with Crippen molar-refractivity contribution in [2.45, 2.75) is 44.3 Å². The van der Waals surface area contributed by atoms with Crippen molar-refractivity contribution >= 4 is 27.4 Å². The van der Waals surface area contributed by atoms with E-state index in [9.17, 15) is 31.2 Å². The Bertz CT molecular complexity index is 735. The Labute approximate surface area is 149 Å². The van der Waals surface area contributed by atoms with Gasteiger partial charge >= 0.3 is 6.18 Å². The molecule has 26 heavy (non-hydrogen) atoms. The van der Waals surface area contributed by atoms with Gasteiger partial charge in [0.1, 0.15) is 5.71 Å². The molecule has 0 spiro atoms. The Kier molecular flexibility index (Phi) is 5.02. The lowest BCUT2D eigenvalue weighted by Gasteiger charge is -2.35. The molecule has 11 heteroatoms. The third kappa shape index (κ3) is 4.02. The summed E-state index contributed by atoms with van der Waals surface area (Å²) < 4.78 is 62.0. The van der Waals surface area contributed by atoms with Crippen molar-refractivity contribution in [3.05, 3.63) is 0 Å². The standard InChI is InChI=1S/C15H20F3N3O4S/c16-15(17,18)10-2-1-6-20(8-10)14(23)12-3-4-13(22)21(19-12)11-5-7-26(24,25)9-11/h10-11H,1-9H2/t10-,11-/m0/s1. The predicted molar refractivity (Wildman–Crippen MR) is 85.9 cm³/mol. The van der Waals surface area contributed by atoms with E-state index in [0.29, 0.717) is 0 Å². The van der Waals surface area contributed by atoms with E-state index in [2.05, 4.69) is 5.10 Å². The number of rotatable bonds is 2.